The van der Waals surface area contributed by atoms with Gasteiger partial charge in [-0.05, 0) is 53.5 Å². The van der Waals surface area contributed by atoms with Gasteiger partial charge in [0.1, 0.15) is 0 Å². The van der Waals surface area contributed by atoms with Gasteiger partial charge in [0.05, 0.1) is 0 Å². The van der Waals surface area contributed by atoms with Gasteiger partial charge < -0.3 is 0 Å². The molecular weight excluding hydrogens is 296 g/mol. The van der Waals surface area contributed by atoms with E-state index in [0.717, 1.165) is 12.8 Å². The Morgan fingerprint density at radius 1 is 1.00 bits per heavy atom. The molecule has 0 fully saturated rings. The largest absolute Gasteiger partial charge is 0.122 e. The third-order valence-electron chi connectivity index (χ3n) is 2.79. The lowest BCUT2D eigenvalue weighted by atomic mass is 9.91. The van der Waals surface area contributed by atoms with Gasteiger partial charge in [0, 0.05) is 10.4 Å². The highest BCUT2D eigenvalue weighted by molar-refractivity contribution is 9.10. The molecular formula is C15H22BrCl. The number of rotatable bonds is 5. The van der Waals surface area contributed by atoms with Gasteiger partial charge in [0.2, 0.25) is 0 Å². The number of halogens is 2. The number of benzene rings is 1. The molecule has 0 nitrogen and oxygen atoms in total. The normalized spacial score (nSPS) is 11.5. The molecule has 0 saturated heterocycles. The Kier molecular flexibility index (Phi) is 6.02. The molecule has 0 N–H and O–H groups in total. The van der Waals surface area contributed by atoms with Crippen LogP contribution < -0.4 is 0 Å². The molecule has 0 aliphatic carbocycles. The third kappa shape index (κ3) is 4.63. The van der Waals surface area contributed by atoms with E-state index in [2.05, 4.69) is 55.8 Å². The van der Waals surface area contributed by atoms with Gasteiger partial charge in [-0.2, -0.15) is 0 Å². The first-order valence-corrected chi connectivity index (χ1v) is 7.63. The van der Waals surface area contributed by atoms with Crippen molar-refractivity contribution in [2.75, 3.05) is 0 Å². The van der Waals surface area contributed by atoms with Crippen LogP contribution in [0.5, 0.6) is 0 Å². The van der Waals surface area contributed by atoms with Crippen molar-refractivity contribution in [3.63, 3.8) is 0 Å². The van der Waals surface area contributed by atoms with Gasteiger partial charge in [-0.1, -0.05) is 43.6 Å². The van der Waals surface area contributed by atoms with Crippen molar-refractivity contribution >= 4 is 27.5 Å². The molecule has 17 heavy (non-hydrogen) atoms. The maximum Gasteiger partial charge on any atom is 0.0479 e. The fourth-order valence-electron chi connectivity index (χ4n) is 2.17. The highest BCUT2D eigenvalue weighted by Gasteiger charge is 2.12. The van der Waals surface area contributed by atoms with E-state index in [0.29, 0.717) is 17.7 Å². The number of hydrogen-bond donors (Lipinski definition) is 0. The monoisotopic (exact) mass is 316 g/mol. The molecule has 0 aromatic heterocycles. The minimum Gasteiger partial charge on any atom is -0.122 e. The molecule has 2 heteroatoms. The van der Waals surface area contributed by atoms with Crippen molar-refractivity contribution in [1.29, 1.82) is 0 Å². The summed E-state index contributed by atoms with van der Waals surface area (Å²) >= 11 is 9.75. The van der Waals surface area contributed by atoms with Crippen molar-refractivity contribution in [2.24, 2.45) is 11.8 Å². The Labute approximate surface area is 119 Å². The highest BCUT2D eigenvalue weighted by Crippen LogP contribution is 2.27. The summed E-state index contributed by atoms with van der Waals surface area (Å²) in [5.74, 6) is 1.95. The maximum absolute atomic E-state index is 6.14. The molecule has 1 aromatic carbocycles. The molecule has 1 rings (SSSR count). The lowest BCUT2D eigenvalue weighted by Gasteiger charge is -2.17. The summed E-state index contributed by atoms with van der Waals surface area (Å²) < 4.78 is 1.18. The van der Waals surface area contributed by atoms with Crippen LogP contribution in [0.25, 0.3) is 0 Å². The minimum absolute atomic E-state index is 0.622. The van der Waals surface area contributed by atoms with Gasteiger partial charge >= 0.3 is 0 Å². The lowest BCUT2D eigenvalue weighted by Crippen LogP contribution is -2.05. The fraction of sp³-hybridized carbons (Fsp3) is 0.600. The van der Waals surface area contributed by atoms with Crippen molar-refractivity contribution in [3.8, 4) is 0 Å². The number of alkyl halides is 1. The predicted molar refractivity (Wildman–Crippen MR) is 80.8 cm³/mol. The molecule has 0 spiro atoms. The molecule has 0 heterocycles. The van der Waals surface area contributed by atoms with Crippen LogP contribution in [0.15, 0.2) is 16.6 Å². The lowest BCUT2D eigenvalue weighted by molar-refractivity contribution is 0.630. The summed E-state index contributed by atoms with van der Waals surface area (Å²) in [5.41, 5.74) is 4.15. The molecule has 0 unspecified atom stereocenters. The van der Waals surface area contributed by atoms with Crippen LogP contribution in [-0.4, -0.2) is 0 Å². The van der Waals surface area contributed by atoms with Crippen LogP contribution in [0, 0.1) is 11.8 Å². The summed E-state index contributed by atoms with van der Waals surface area (Å²) in [4.78, 5) is 0. The Morgan fingerprint density at radius 3 is 1.71 bits per heavy atom. The predicted octanol–water partition coefficient (Wildman–Crippen LogP) is 5.58. The Morgan fingerprint density at radius 2 is 1.41 bits per heavy atom. The van der Waals surface area contributed by atoms with Gasteiger partial charge in [-0.25, -0.2) is 0 Å². The zero-order valence-corrected chi connectivity index (χ0v) is 13.5. The van der Waals surface area contributed by atoms with E-state index >= 15 is 0 Å². The fourth-order valence-corrected chi connectivity index (χ4v) is 3.07. The Hall–Kier alpha value is -0.0100. The SMILES string of the molecule is CC(C)Cc1cc(Br)cc(CC(C)C)c1CCl. The topological polar surface area (TPSA) is 0 Å². The van der Waals surface area contributed by atoms with Gasteiger partial charge in [0.25, 0.3) is 0 Å². The van der Waals surface area contributed by atoms with Crippen LogP contribution in [0.4, 0.5) is 0 Å². The summed E-state index contributed by atoms with van der Waals surface area (Å²) in [7, 11) is 0. The summed E-state index contributed by atoms with van der Waals surface area (Å²) in [6.07, 6.45) is 2.21. The van der Waals surface area contributed by atoms with Crippen molar-refractivity contribution in [1.82, 2.24) is 0 Å². The molecule has 0 aliphatic heterocycles. The first-order valence-electron chi connectivity index (χ1n) is 6.30. The zero-order valence-electron chi connectivity index (χ0n) is 11.2. The van der Waals surface area contributed by atoms with Crippen molar-refractivity contribution in [3.05, 3.63) is 33.3 Å². The van der Waals surface area contributed by atoms with Crippen LogP contribution in [0.1, 0.15) is 44.4 Å². The maximum atomic E-state index is 6.14. The van der Waals surface area contributed by atoms with Crippen LogP contribution in [0.2, 0.25) is 0 Å². The molecule has 0 bridgehead atoms. The van der Waals surface area contributed by atoms with Crippen molar-refractivity contribution in [2.45, 2.75) is 46.4 Å². The van der Waals surface area contributed by atoms with Crippen molar-refractivity contribution < 1.29 is 0 Å². The van der Waals surface area contributed by atoms with E-state index in [1.165, 1.54) is 21.2 Å². The van der Waals surface area contributed by atoms with E-state index in [9.17, 15) is 0 Å². The molecule has 0 atom stereocenters. The highest BCUT2D eigenvalue weighted by atomic mass is 79.9. The summed E-state index contributed by atoms with van der Waals surface area (Å²) in [6.45, 7) is 9.00. The van der Waals surface area contributed by atoms with Crippen LogP contribution in [-0.2, 0) is 18.7 Å². The van der Waals surface area contributed by atoms with Gasteiger partial charge in [-0.15, -0.1) is 11.6 Å². The van der Waals surface area contributed by atoms with Gasteiger partial charge in [-0.3, -0.25) is 0 Å². The molecule has 0 saturated carbocycles. The Balaban J connectivity index is 3.15. The Bertz CT molecular complexity index is 338. The van der Waals surface area contributed by atoms with E-state index in [1.807, 2.05) is 0 Å². The second kappa shape index (κ2) is 6.80. The number of hydrogen-bond acceptors (Lipinski definition) is 0. The average Bonchev–Trinajstić information content (AvgIpc) is 2.14. The van der Waals surface area contributed by atoms with Crippen LogP contribution in [0.3, 0.4) is 0 Å². The first kappa shape index (κ1) is 15.0. The second-order valence-electron chi connectivity index (χ2n) is 5.53. The molecule has 1 aromatic rings. The smallest absolute Gasteiger partial charge is 0.0479 e. The molecule has 0 amide bonds. The summed E-state index contributed by atoms with van der Waals surface area (Å²) in [5, 5.41) is 0. The van der Waals surface area contributed by atoms with E-state index in [4.69, 9.17) is 11.6 Å². The zero-order chi connectivity index (χ0) is 13.0. The summed E-state index contributed by atoms with van der Waals surface area (Å²) in [6, 6.07) is 4.45. The molecule has 96 valence electrons. The van der Waals surface area contributed by atoms with Gasteiger partial charge in [0.15, 0.2) is 0 Å². The van der Waals surface area contributed by atoms with E-state index in [-0.39, 0.29) is 0 Å². The van der Waals surface area contributed by atoms with E-state index < -0.39 is 0 Å². The first-order chi connectivity index (χ1) is 7.93. The minimum atomic E-state index is 0.622. The second-order valence-corrected chi connectivity index (χ2v) is 6.72. The third-order valence-corrected chi connectivity index (χ3v) is 3.51. The quantitative estimate of drug-likeness (QED) is 0.621. The van der Waals surface area contributed by atoms with E-state index in [1.54, 1.807) is 0 Å². The standard InChI is InChI=1S/C15H22BrCl/c1-10(2)5-12-7-14(16)8-13(6-11(3)4)15(12)9-17/h7-8,10-11H,5-6,9H2,1-4H3. The average molecular weight is 318 g/mol. The molecule has 0 aliphatic rings. The van der Waals surface area contributed by atoms with Crippen LogP contribution >= 0.6 is 27.5 Å². The molecule has 0 radical (unpaired) electrons.